The average molecular weight is 287 g/mol. The van der Waals surface area contributed by atoms with Crippen LogP contribution in [0.2, 0.25) is 0 Å². The summed E-state index contributed by atoms with van der Waals surface area (Å²) in [5.74, 6) is 0. The van der Waals surface area contributed by atoms with E-state index in [4.69, 9.17) is 0 Å². The van der Waals surface area contributed by atoms with Crippen LogP contribution in [0.3, 0.4) is 0 Å². The minimum Gasteiger partial charge on any atom is -0.372 e. The van der Waals surface area contributed by atoms with Gasteiger partial charge in [0.1, 0.15) is 0 Å². The summed E-state index contributed by atoms with van der Waals surface area (Å²) in [5.41, 5.74) is 2.73. The summed E-state index contributed by atoms with van der Waals surface area (Å²) in [6.07, 6.45) is 3.07. The van der Waals surface area contributed by atoms with E-state index in [1.54, 1.807) is 0 Å². The molecule has 21 heavy (non-hydrogen) atoms. The molecule has 1 N–H and O–H groups in total. The monoisotopic (exact) mass is 287 g/mol. The molecule has 1 aliphatic rings. The van der Waals surface area contributed by atoms with Crippen LogP contribution in [0.15, 0.2) is 36.9 Å². The standard InChI is InChI=1S/C18H29N3/c1-4-7-18(21-14-12-19-13-15-21)16-8-10-17(11-9-16)20(5-2)6-3/h4,8-11,18-19H,1,5-7,12-15H2,2-3H3/t18-/m0/s1. The molecule has 1 atom stereocenters. The highest BCUT2D eigenvalue weighted by Gasteiger charge is 2.21. The van der Waals surface area contributed by atoms with Crippen LogP contribution in [-0.4, -0.2) is 44.2 Å². The van der Waals surface area contributed by atoms with E-state index in [-0.39, 0.29) is 0 Å². The van der Waals surface area contributed by atoms with Crippen molar-refractivity contribution in [2.45, 2.75) is 26.3 Å². The van der Waals surface area contributed by atoms with Crippen molar-refractivity contribution in [1.82, 2.24) is 10.2 Å². The number of anilines is 1. The summed E-state index contributed by atoms with van der Waals surface area (Å²) in [6.45, 7) is 14.9. The molecule has 0 radical (unpaired) electrons. The number of nitrogens with one attached hydrogen (secondary N) is 1. The Labute approximate surface area is 129 Å². The van der Waals surface area contributed by atoms with Crippen LogP contribution >= 0.6 is 0 Å². The predicted octanol–water partition coefficient (Wildman–Crippen LogP) is 3.06. The first kappa shape index (κ1) is 16.1. The van der Waals surface area contributed by atoms with E-state index in [0.29, 0.717) is 6.04 Å². The first-order valence-electron chi connectivity index (χ1n) is 8.20. The Balaban J connectivity index is 2.14. The molecule has 3 nitrogen and oxygen atoms in total. The largest absolute Gasteiger partial charge is 0.372 e. The number of hydrogen-bond acceptors (Lipinski definition) is 3. The summed E-state index contributed by atoms with van der Waals surface area (Å²) in [7, 11) is 0. The average Bonchev–Trinajstić information content (AvgIpc) is 2.55. The van der Waals surface area contributed by atoms with Gasteiger partial charge in [-0.2, -0.15) is 0 Å². The lowest BCUT2D eigenvalue weighted by Crippen LogP contribution is -2.45. The number of nitrogens with zero attached hydrogens (tertiary/aromatic N) is 2. The van der Waals surface area contributed by atoms with Crippen LogP contribution < -0.4 is 10.2 Å². The minimum absolute atomic E-state index is 0.468. The van der Waals surface area contributed by atoms with Crippen molar-refractivity contribution in [2.75, 3.05) is 44.2 Å². The van der Waals surface area contributed by atoms with Crippen LogP contribution in [0.25, 0.3) is 0 Å². The van der Waals surface area contributed by atoms with E-state index in [0.717, 1.165) is 45.7 Å². The highest BCUT2D eigenvalue weighted by Crippen LogP contribution is 2.27. The fourth-order valence-corrected chi connectivity index (χ4v) is 3.14. The summed E-state index contributed by atoms with van der Waals surface area (Å²) < 4.78 is 0. The van der Waals surface area contributed by atoms with Crippen LogP contribution in [-0.2, 0) is 0 Å². The Hall–Kier alpha value is -1.32. The molecular weight excluding hydrogens is 258 g/mol. The fourth-order valence-electron chi connectivity index (χ4n) is 3.14. The van der Waals surface area contributed by atoms with Crippen molar-refractivity contribution in [2.24, 2.45) is 0 Å². The van der Waals surface area contributed by atoms with Gasteiger partial charge in [0.25, 0.3) is 0 Å². The number of benzene rings is 1. The Bertz CT molecular complexity index is 417. The molecule has 1 saturated heterocycles. The van der Waals surface area contributed by atoms with E-state index in [2.05, 4.69) is 59.8 Å². The third kappa shape index (κ3) is 4.08. The topological polar surface area (TPSA) is 18.5 Å². The van der Waals surface area contributed by atoms with E-state index in [9.17, 15) is 0 Å². The van der Waals surface area contributed by atoms with Crippen molar-refractivity contribution in [3.63, 3.8) is 0 Å². The first-order valence-corrected chi connectivity index (χ1v) is 8.20. The maximum atomic E-state index is 3.94. The second-order valence-electron chi connectivity index (χ2n) is 5.59. The first-order chi connectivity index (χ1) is 10.3. The second-order valence-corrected chi connectivity index (χ2v) is 5.59. The van der Waals surface area contributed by atoms with Gasteiger partial charge in [-0.05, 0) is 38.0 Å². The number of piperazine rings is 1. The molecule has 2 rings (SSSR count). The van der Waals surface area contributed by atoms with Crippen LogP contribution in [0.4, 0.5) is 5.69 Å². The van der Waals surface area contributed by atoms with Gasteiger partial charge in [-0.15, -0.1) is 6.58 Å². The van der Waals surface area contributed by atoms with Gasteiger partial charge in [0.05, 0.1) is 0 Å². The van der Waals surface area contributed by atoms with Crippen molar-refractivity contribution in [1.29, 1.82) is 0 Å². The molecule has 1 aliphatic heterocycles. The van der Waals surface area contributed by atoms with Gasteiger partial charge in [-0.1, -0.05) is 18.2 Å². The van der Waals surface area contributed by atoms with E-state index in [1.807, 2.05) is 6.08 Å². The quantitative estimate of drug-likeness (QED) is 0.778. The summed E-state index contributed by atoms with van der Waals surface area (Å²) in [5, 5.41) is 3.43. The van der Waals surface area contributed by atoms with Gasteiger partial charge in [-0.3, -0.25) is 4.90 Å². The van der Waals surface area contributed by atoms with Gasteiger partial charge < -0.3 is 10.2 Å². The summed E-state index contributed by atoms with van der Waals surface area (Å²) in [6, 6.07) is 9.59. The molecule has 1 aromatic rings. The van der Waals surface area contributed by atoms with Gasteiger partial charge >= 0.3 is 0 Å². The molecule has 1 heterocycles. The molecule has 0 aromatic heterocycles. The molecule has 0 saturated carbocycles. The lowest BCUT2D eigenvalue weighted by Gasteiger charge is -2.35. The van der Waals surface area contributed by atoms with Crippen molar-refractivity contribution < 1.29 is 0 Å². The van der Waals surface area contributed by atoms with Crippen LogP contribution in [0, 0.1) is 0 Å². The zero-order valence-corrected chi connectivity index (χ0v) is 13.5. The maximum Gasteiger partial charge on any atom is 0.0383 e. The molecule has 0 bridgehead atoms. The Morgan fingerprint density at radius 1 is 1.19 bits per heavy atom. The Morgan fingerprint density at radius 3 is 2.33 bits per heavy atom. The van der Waals surface area contributed by atoms with Gasteiger partial charge in [0.15, 0.2) is 0 Å². The third-order valence-electron chi connectivity index (χ3n) is 4.39. The van der Waals surface area contributed by atoms with E-state index >= 15 is 0 Å². The van der Waals surface area contributed by atoms with Crippen molar-refractivity contribution >= 4 is 5.69 Å². The molecule has 0 amide bonds. The Kier molecular flexibility index (Phi) is 6.27. The molecule has 0 aliphatic carbocycles. The third-order valence-corrected chi connectivity index (χ3v) is 4.39. The predicted molar refractivity (Wildman–Crippen MR) is 92.0 cm³/mol. The van der Waals surface area contributed by atoms with Crippen LogP contribution in [0.1, 0.15) is 31.9 Å². The van der Waals surface area contributed by atoms with Gasteiger partial charge in [-0.25, -0.2) is 0 Å². The van der Waals surface area contributed by atoms with Gasteiger partial charge in [0.2, 0.25) is 0 Å². The van der Waals surface area contributed by atoms with Gasteiger partial charge in [0, 0.05) is 51.0 Å². The SMILES string of the molecule is C=CC[C@@H](c1ccc(N(CC)CC)cc1)N1CCNCC1. The summed E-state index contributed by atoms with van der Waals surface area (Å²) in [4.78, 5) is 4.96. The Morgan fingerprint density at radius 2 is 1.81 bits per heavy atom. The number of hydrogen-bond donors (Lipinski definition) is 1. The van der Waals surface area contributed by atoms with E-state index < -0.39 is 0 Å². The molecule has 116 valence electrons. The normalized spacial score (nSPS) is 17.4. The highest BCUT2D eigenvalue weighted by molar-refractivity contribution is 5.47. The zero-order chi connectivity index (χ0) is 15.1. The maximum absolute atomic E-state index is 3.94. The van der Waals surface area contributed by atoms with Crippen molar-refractivity contribution in [3.8, 4) is 0 Å². The number of rotatable bonds is 7. The fraction of sp³-hybridized carbons (Fsp3) is 0.556. The molecular formula is C18H29N3. The van der Waals surface area contributed by atoms with Crippen molar-refractivity contribution in [3.05, 3.63) is 42.5 Å². The van der Waals surface area contributed by atoms with E-state index in [1.165, 1.54) is 11.3 Å². The minimum atomic E-state index is 0.468. The van der Waals surface area contributed by atoms with Crippen LogP contribution in [0.5, 0.6) is 0 Å². The lowest BCUT2D eigenvalue weighted by molar-refractivity contribution is 0.174. The molecule has 0 unspecified atom stereocenters. The zero-order valence-electron chi connectivity index (χ0n) is 13.5. The molecule has 1 aromatic carbocycles. The summed E-state index contributed by atoms with van der Waals surface area (Å²) >= 11 is 0. The molecule has 3 heteroatoms. The smallest absolute Gasteiger partial charge is 0.0383 e. The highest BCUT2D eigenvalue weighted by atomic mass is 15.2. The second kappa shape index (κ2) is 8.20. The lowest BCUT2D eigenvalue weighted by atomic mass is 10.0. The molecule has 1 fully saturated rings. The molecule has 0 spiro atoms.